The smallest absolute Gasteiger partial charge is 0.226 e. The number of rotatable bonds is 2. The molecule has 5 heteroatoms. The number of nitrogens with zero attached hydrogens (tertiary/aromatic N) is 5. The summed E-state index contributed by atoms with van der Waals surface area (Å²) in [6.07, 6.45) is 5.26. The third-order valence-electron chi connectivity index (χ3n) is 3.84. The lowest BCUT2D eigenvalue weighted by Crippen LogP contribution is -2.36. The maximum Gasteiger partial charge on any atom is 0.226 e. The van der Waals surface area contributed by atoms with Crippen LogP contribution in [0.15, 0.2) is 18.3 Å². The van der Waals surface area contributed by atoms with Gasteiger partial charge in [0.2, 0.25) is 5.95 Å². The van der Waals surface area contributed by atoms with Gasteiger partial charge >= 0.3 is 0 Å². The zero-order valence-electron chi connectivity index (χ0n) is 12.9. The van der Waals surface area contributed by atoms with Crippen LogP contribution in [0.2, 0.25) is 0 Å². The summed E-state index contributed by atoms with van der Waals surface area (Å²) in [6, 6.07) is 4.12. The quantitative estimate of drug-likeness (QED) is 0.848. The van der Waals surface area contributed by atoms with Crippen LogP contribution in [0.1, 0.15) is 48.2 Å². The van der Waals surface area contributed by atoms with E-state index in [2.05, 4.69) is 24.8 Å². The number of hydrogen-bond acceptors (Lipinski definition) is 5. The van der Waals surface area contributed by atoms with E-state index in [-0.39, 0.29) is 6.04 Å². The maximum atomic E-state index is 4.62. The minimum Gasteiger partial charge on any atom is -0.331 e. The first-order chi connectivity index (χ1) is 10.1. The molecule has 1 saturated heterocycles. The van der Waals surface area contributed by atoms with Gasteiger partial charge in [-0.25, -0.2) is 19.9 Å². The van der Waals surface area contributed by atoms with Crippen LogP contribution in [0.4, 0.5) is 5.95 Å². The normalized spacial score (nSPS) is 18.8. The van der Waals surface area contributed by atoms with Gasteiger partial charge < -0.3 is 4.90 Å². The Morgan fingerprint density at radius 3 is 2.48 bits per heavy atom. The average molecular weight is 283 g/mol. The Labute approximate surface area is 125 Å². The average Bonchev–Trinajstić information content (AvgIpc) is 2.46. The molecule has 0 aliphatic carbocycles. The zero-order valence-corrected chi connectivity index (χ0v) is 12.9. The number of piperidine rings is 1. The van der Waals surface area contributed by atoms with Gasteiger partial charge in [0.1, 0.15) is 0 Å². The molecule has 0 spiro atoms. The van der Waals surface area contributed by atoms with Crippen molar-refractivity contribution in [1.29, 1.82) is 0 Å². The minimum atomic E-state index is 0.180. The van der Waals surface area contributed by atoms with Gasteiger partial charge in [-0.3, -0.25) is 0 Å². The van der Waals surface area contributed by atoms with E-state index in [0.29, 0.717) is 0 Å². The summed E-state index contributed by atoms with van der Waals surface area (Å²) >= 11 is 0. The lowest BCUT2D eigenvalue weighted by atomic mass is 10.0. The molecule has 0 N–H and O–H groups in total. The SMILES string of the molecule is Cc1ccnc([C@@H]2CCCCN2c2nc(C)cc(C)n2)n1. The van der Waals surface area contributed by atoms with Crippen LogP contribution in [0.25, 0.3) is 0 Å². The highest BCUT2D eigenvalue weighted by Crippen LogP contribution is 2.31. The van der Waals surface area contributed by atoms with Crippen LogP contribution in [0, 0.1) is 20.8 Å². The third-order valence-corrected chi connectivity index (χ3v) is 3.84. The number of aromatic nitrogens is 4. The monoisotopic (exact) mass is 283 g/mol. The van der Waals surface area contributed by atoms with Crippen LogP contribution in [0.5, 0.6) is 0 Å². The van der Waals surface area contributed by atoms with Crippen molar-refractivity contribution in [3.05, 3.63) is 41.2 Å². The van der Waals surface area contributed by atoms with Crippen molar-refractivity contribution in [2.75, 3.05) is 11.4 Å². The third kappa shape index (κ3) is 3.01. The summed E-state index contributed by atoms with van der Waals surface area (Å²) in [5, 5.41) is 0. The lowest BCUT2D eigenvalue weighted by Gasteiger charge is -2.35. The number of anilines is 1. The summed E-state index contributed by atoms with van der Waals surface area (Å²) in [7, 11) is 0. The Hall–Kier alpha value is -2.04. The first kappa shape index (κ1) is 13.9. The fourth-order valence-electron chi connectivity index (χ4n) is 2.90. The second kappa shape index (κ2) is 5.76. The Morgan fingerprint density at radius 1 is 1.00 bits per heavy atom. The summed E-state index contributed by atoms with van der Waals surface area (Å²) in [6.45, 7) is 7.00. The molecule has 0 aromatic carbocycles. The van der Waals surface area contributed by atoms with Crippen LogP contribution >= 0.6 is 0 Å². The van der Waals surface area contributed by atoms with Gasteiger partial charge in [0.15, 0.2) is 5.82 Å². The molecule has 0 saturated carbocycles. The van der Waals surface area contributed by atoms with E-state index in [1.54, 1.807) is 0 Å². The molecule has 110 valence electrons. The van der Waals surface area contributed by atoms with Crippen molar-refractivity contribution >= 4 is 5.95 Å². The summed E-state index contributed by atoms with van der Waals surface area (Å²) in [5.74, 6) is 1.69. The van der Waals surface area contributed by atoms with E-state index in [1.807, 2.05) is 39.1 Å². The first-order valence-electron chi connectivity index (χ1n) is 7.52. The topological polar surface area (TPSA) is 54.8 Å². The van der Waals surface area contributed by atoms with Crippen LogP contribution in [-0.4, -0.2) is 26.5 Å². The molecular weight excluding hydrogens is 262 g/mol. The van der Waals surface area contributed by atoms with E-state index in [4.69, 9.17) is 0 Å². The van der Waals surface area contributed by atoms with Crippen molar-refractivity contribution in [2.24, 2.45) is 0 Å². The molecular formula is C16H21N5. The van der Waals surface area contributed by atoms with Gasteiger partial charge in [-0.15, -0.1) is 0 Å². The number of hydrogen-bond donors (Lipinski definition) is 0. The fourth-order valence-corrected chi connectivity index (χ4v) is 2.90. The van der Waals surface area contributed by atoms with E-state index in [0.717, 1.165) is 41.8 Å². The number of aryl methyl sites for hydroxylation is 3. The molecule has 3 heterocycles. The standard InChI is InChI=1S/C16H21N5/c1-11-7-8-17-15(18-11)14-6-4-5-9-21(14)16-19-12(2)10-13(3)20-16/h7-8,10,14H,4-6,9H2,1-3H3/t14-/m0/s1. The van der Waals surface area contributed by atoms with Crippen LogP contribution in [0.3, 0.4) is 0 Å². The summed E-state index contributed by atoms with van der Waals surface area (Å²) < 4.78 is 0. The highest BCUT2D eigenvalue weighted by Gasteiger charge is 2.28. The Bertz CT molecular complexity index is 620. The zero-order chi connectivity index (χ0) is 14.8. The van der Waals surface area contributed by atoms with E-state index < -0.39 is 0 Å². The van der Waals surface area contributed by atoms with Gasteiger partial charge in [0.25, 0.3) is 0 Å². The highest BCUT2D eigenvalue weighted by molar-refractivity contribution is 5.36. The molecule has 1 aliphatic rings. The Morgan fingerprint density at radius 2 is 1.76 bits per heavy atom. The summed E-state index contributed by atoms with van der Waals surface area (Å²) in [5.41, 5.74) is 3.02. The Kier molecular flexibility index (Phi) is 3.82. The van der Waals surface area contributed by atoms with E-state index >= 15 is 0 Å². The van der Waals surface area contributed by atoms with Gasteiger partial charge in [-0.1, -0.05) is 0 Å². The molecule has 2 aromatic rings. The van der Waals surface area contributed by atoms with Crippen molar-refractivity contribution in [3.8, 4) is 0 Å². The van der Waals surface area contributed by atoms with Crippen molar-refractivity contribution in [2.45, 2.75) is 46.1 Å². The molecule has 0 amide bonds. The van der Waals surface area contributed by atoms with Gasteiger partial charge in [-0.2, -0.15) is 0 Å². The van der Waals surface area contributed by atoms with Crippen molar-refractivity contribution in [3.63, 3.8) is 0 Å². The van der Waals surface area contributed by atoms with Crippen molar-refractivity contribution in [1.82, 2.24) is 19.9 Å². The molecule has 1 atom stereocenters. The molecule has 1 fully saturated rings. The largest absolute Gasteiger partial charge is 0.331 e. The lowest BCUT2D eigenvalue weighted by molar-refractivity contribution is 0.448. The molecule has 5 nitrogen and oxygen atoms in total. The van der Waals surface area contributed by atoms with E-state index in [9.17, 15) is 0 Å². The molecule has 3 rings (SSSR count). The van der Waals surface area contributed by atoms with Crippen LogP contribution < -0.4 is 4.90 Å². The second-order valence-electron chi connectivity index (χ2n) is 5.71. The Balaban J connectivity index is 1.98. The predicted molar refractivity (Wildman–Crippen MR) is 82.2 cm³/mol. The van der Waals surface area contributed by atoms with Crippen molar-refractivity contribution < 1.29 is 0 Å². The van der Waals surface area contributed by atoms with Gasteiger partial charge in [0.05, 0.1) is 6.04 Å². The fraction of sp³-hybridized carbons (Fsp3) is 0.500. The highest BCUT2D eigenvalue weighted by atomic mass is 15.3. The predicted octanol–water partition coefficient (Wildman–Crippen LogP) is 2.92. The molecule has 1 aliphatic heterocycles. The van der Waals surface area contributed by atoms with Crippen LogP contribution in [-0.2, 0) is 0 Å². The molecule has 2 aromatic heterocycles. The maximum absolute atomic E-state index is 4.62. The van der Waals surface area contributed by atoms with Gasteiger partial charge in [-0.05, 0) is 52.2 Å². The molecule has 0 unspecified atom stereocenters. The molecule has 0 radical (unpaired) electrons. The molecule has 0 bridgehead atoms. The summed E-state index contributed by atoms with van der Waals surface area (Å²) in [4.78, 5) is 20.6. The van der Waals surface area contributed by atoms with E-state index in [1.165, 1.54) is 12.8 Å². The molecule has 21 heavy (non-hydrogen) atoms. The minimum absolute atomic E-state index is 0.180. The second-order valence-corrected chi connectivity index (χ2v) is 5.71. The first-order valence-corrected chi connectivity index (χ1v) is 7.52. The van der Waals surface area contributed by atoms with Gasteiger partial charge in [0, 0.05) is 29.8 Å².